The van der Waals surface area contributed by atoms with Crippen LogP contribution in [-0.4, -0.2) is 146 Å². The number of hydrogen-bond donors (Lipinski definition) is 14. The minimum atomic E-state index is -1.31. The molecule has 18 N–H and O–H groups in total. The number of nitrogens with two attached hydrogens (primary N) is 4. The van der Waals surface area contributed by atoms with Gasteiger partial charge < -0.3 is 75.7 Å². The molecule has 0 spiro atoms. The van der Waals surface area contributed by atoms with Crippen LogP contribution in [0, 0.1) is 0 Å². The molecule has 0 aliphatic carbocycles. The number of unbranched alkanes of at least 4 members (excludes halogenated alkanes) is 29. The van der Waals surface area contributed by atoms with Gasteiger partial charge in [0.1, 0.15) is 24.2 Å². The Morgan fingerprint density at radius 1 is 0.309 bits per heavy atom. The Labute approximate surface area is 568 Å². The van der Waals surface area contributed by atoms with E-state index < -0.39 is 73.1 Å². The van der Waals surface area contributed by atoms with Crippen LogP contribution in [0.1, 0.15) is 296 Å². The SMILES string of the molecule is CCCCCCCCC=CCCCCCCCCNC(=O)C(CCCCNC(=O)CCCCC(=O)NCCCCC(NC(=O)C(CO)NC(=O)C(N)CCCCN)C(=O)NCCCCCCCCC=CCCCCCCCC)NC(=O)C(CO)NC(=O)C(N)CCCCN. The fourth-order valence-electron chi connectivity index (χ4n) is 10.9. The summed E-state index contributed by atoms with van der Waals surface area (Å²) < 4.78 is 0. The van der Waals surface area contributed by atoms with Gasteiger partial charge in [-0.15, -0.1) is 0 Å². The Bertz CT molecular complexity index is 1850. The van der Waals surface area contributed by atoms with Gasteiger partial charge in [0.2, 0.25) is 47.3 Å². The standard InChI is InChI=1S/C72H138N12O10/c1-3-5-7-9-11-13-15-17-19-21-23-25-27-29-31-41-55-79-69(91)61(81-71(93)63(57-85)83-67(89)59(75)45-35-39-51-73)47-37-43-53-77-65(87)49-33-34-50-66(88)78-54-44-38-48-62(82-72(94)64(58-86)84-68(90)60(76)46-36-40-52-74)70(92)80-56-42-32-30-28-26-24-22-20-18-16-14-12-10-8-6-4-2/h17-20,59-64,85-86H,3-16,21-58,73-76H2,1-2H3,(H,77,87)(H,78,88)(H,79,91)(H,80,92)(H,81,93)(H,82,94)(H,83,89)(H,84,90). The lowest BCUT2D eigenvalue weighted by Crippen LogP contribution is -2.57. The Morgan fingerprint density at radius 2 is 0.585 bits per heavy atom. The molecule has 8 amide bonds. The van der Waals surface area contributed by atoms with Crippen molar-refractivity contribution in [1.29, 1.82) is 0 Å². The molecular weight excluding hydrogens is 1190 g/mol. The van der Waals surface area contributed by atoms with Gasteiger partial charge in [-0.25, -0.2) is 0 Å². The number of carbonyl (C=O) groups excluding carboxylic acids is 8. The third-order valence-electron chi connectivity index (χ3n) is 17.0. The van der Waals surface area contributed by atoms with Crippen molar-refractivity contribution in [2.45, 2.75) is 333 Å². The van der Waals surface area contributed by atoms with E-state index in [1.54, 1.807) is 0 Å². The summed E-state index contributed by atoms with van der Waals surface area (Å²) in [6, 6.07) is -6.28. The van der Waals surface area contributed by atoms with Crippen LogP contribution in [-0.2, 0) is 38.4 Å². The second-order valence-electron chi connectivity index (χ2n) is 25.7. The minimum Gasteiger partial charge on any atom is -0.394 e. The van der Waals surface area contributed by atoms with E-state index in [1.165, 1.54) is 89.9 Å². The van der Waals surface area contributed by atoms with Gasteiger partial charge in [0.05, 0.1) is 25.3 Å². The molecule has 94 heavy (non-hydrogen) atoms. The zero-order valence-corrected chi connectivity index (χ0v) is 59.0. The van der Waals surface area contributed by atoms with E-state index in [9.17, 15) is 48.6 Å². The fourth-order valence-corrected chi connectivity index (χ4v) is 10.9. The highest BCUT2D eigenvalue weighted by Crippen LogP contribution is 2.14. The van der Waals surface area contributed by atoms with Crippen LogP contribution in [0.25, 0.3) is 0 Å². The van der Waals surface area contributed by atoms with Crippen molar-refractivity contribution in [3.8, 4) is 0 Å². The van der Waals surface area contributed by atoms with Crippen molar-refractivity contribution < 1.29 is 48.6 Å². The maximum Gasteiger partial charge on any atom is 0.245 e. The van der Waals surface area contributed by atoms with E-state index in [2.05, 4.69) is 80.7 Å². The maximum atomic E-state index is 13.5. The second-order valence-corrected chi connectivity index (χ2v) is 25.7. The largest absolute Gasteiger partial charge is 0.394 e. The number of nitrogens with one attached hydrogen (secondary N) is 8. The van der Waals surface area contributed by atoms with Crippen LogP contribution in [0.15, 0.2) is 24.3 Å². The molecule has 0 rings (SSSR count). The first-order valence-corrected chi connectivity index (χ1v) is 37.4. The summed E-state index contributed by atoms with van der Waals surface area (Å²) in [7, 11) is 0. The third-order valence-corrected chi connectivity index (χ3v) is 17.0. The van der Waals surface area contributed by atoms with Crippen LogP contribution in [0.3, 0.4) is 0 Å². The van der Waals surface area contributed by atoms with Crippen molar-refractivity contribution in [2.24, 2.45) is 22.9 Å². The number of hydrogen-bond acceptors (Lipinski definition) is 14. The minimum absolute atomic E-state index is 0.176. The lowest BCUT2D eigenvalue weighted by Gasteiger charge is -2.23. The van der Waals surface area contributed by atoms with Crippen molar-refractivity contribution >= 4 is 47.3 Å². The quantitative estimate of drug-likeness (QED) is 0.0201. The summed E-state index contributed by atoms with van der Waals surface area (Å²) in [5, 5.41) is 42.3. The van der Waals surface area contributed by atoms with Gasteiger partial charge in [-0.2, -0.15) is 0 Å². The highest BCUT2D eigenvalue weighted by Gasteiger charge is 2.29. The predicted octanol–water partition coefficient (Wildman–Crippen LogP) is 8.26. The third kappa shape index (κ3) is 53.2. The van der Waals surface area contributed by atoms with Gasteiger partial charge in [0, 0.05) is 39.0 Å². The lowest BCUT2D eigenvalue weighted by molar-refractivity contribution is -0.133. The fraction of sp³-hybridized carbons (Fsp3) is 0.833. The number of aliphatic hydroxyl groups excluding tert-OH is 2. The molecule has 0 heterocycles. The molecule has 0 aromatic heterocycles. The summed E-state index contributed by atoms with van der Waals surface area (Å²) in [5.74, 6) is -3.67. The van der Waals surface area contributed by atoms with Crippen molar-refractivity contribution in [1.82, 2.24) is 42.5 Å². The van der Waals surface area contributed by atoms with Gasteiger partial charge in [0.25, 0.3) is 0 Å². The molecule has 6 unspecified atom stereocenters. The van der Waals surface area contributed by atoms with Crippen molar-refractivity contribution in [3.63, 3.8) is 0 Å². The topological polar surface area (TPSA) is 377 Å². The van der Waals surface area contributed by atoms with Crippen molar-refractivity contribution in [3.05, 3.63) is 24.3 Å². The van der Waals surface area contributed by atoms with Crippen LogP contribution in [0.4, 0.5) is 0 Å². The molecule has 6 atom stereocenters. The van der Waals surface area contributed by atoms with E-state index in [0.717, 1.165) is 89.9 Å². The van der Waals surface area contributed by atoms with E-state index in [4.69, 9.17) is 22.9 Å². The van der Waals surface area contributed by atoms with E-state index in [1.807, 2.05) is 0 Å². The molecule has 546 valence electrons. The Kier molecular flexibility index (Phi) is 61.8. The normalized spacial score (nSPS) is 13.4. The number of rotatable bonds is 67. The van der Waals surface area contributed by atoms with Gasteiger partial charge in [-0.3, -0.25) is 38.4 Å². The molecule has 0 aliphatic rings. The molecule has 0 bridgehead atoms. The first kappa shape index (κ1) is 89.0. The summed E-state index contributed by atoms with van der Waals surface area (Å²) in [5.41, 5.74) is 23.2. The van der Waals surface area contributed by atoms with Crippen LogP contribution in [0.5, 0.6) is 0 Å². The second kappa shape index (κ2) is 65.3. The zero-order chi connectivity index (χ0) is 69.3. The highest BCUT2D eigenvalue weighted by molar-refractivity contribution is 5.94. The Balaban J connectivity index is 5.06. The van der Waals surface area contributed by atoms with Crippen LogP contribution >= 0.6 is 0 Å². The number of allylic oxidation sites excluding steroid dienone is 4. The molecule has 22 nitrogen and oxygen atoms in total. The summed E-state index contributed by atoms with van der Waals surface area (Å²) in [6.45, 7) is 5.58. The lowest BCUT2D eigenvalue weighted by atomic mass is 10.1. The van der Waals surface area contributed by atoms with Gasteiger partial charge in [-0.05, 0) is 154 Å². The van der Waals surface area contributed by atoms with E-state index >= 15 is 0 Å². The van der Waals surface area contributed by atoms with Crippen LogP contribution < -0.4 is 65.5 Å². The average molecular weight is 1330 g/mol. The smallest absolute Gasteiger partial charge is 0.245 e. The zero-order valence-electron chi connectivity index (χ0n) is 59.0. The molecule has 0 aromatic carbocycles. The molecule has 0 fully saturated rings. The Hall–Kier alpha value is -5.00. The van der Waals surface area contributed by atoms with Gasteiger partial charge in [0.15, 0.2) is 0 Å². The monoisotopic (exact) mass is 1330 g/mol. The molecule has 22 heteroatoms. The first-order chi connectivity index (χ1) is 45.7. The number of carbonyl (C=O) groups is 8. The summed E-state index contributed by atoms with van der Waals surface area (Å²) in [6.07, 6.45) is 49.4. The molecule has 0 aromatic rings. The summed E-state index contributed by atoms with van der Waals surface area (Å²) >= 11 is 0. The average Bonchev–Trinajstić information content (AvgIpc) is 3.76. The number of aliphatic hydroxyl groups is 2. The Morgan fingerprint density at radius 3 is 0.904 bits per heavy atom. The number of amides is 8. The first-order valence-electron chi connectivity index (χ1n) is 37.4. The van der Waals surface area contributed by atoms with Crippen LogP contribution in [0.2, 0.25) is 0 Å². The molecule has 0 saturated carbocycles. The molecule has 0 saturated heterocycles. The van der Waals surface area contributed by atoms with Gasteiger partial charge >= 0.3 is 0 Å². The molecular formula is C72H138N12O10. The summed E-state index contributed by atoms with van der Waals surface area (Å²) in [4.78, 5) is 105. The van der Waals surface area contributed by atoms with Gasteiger partial charge in [-0.1, -0.05) is 167 Å². The van der Waals surface area contributed by atoms with E-state index in [0.29, 0.717) is 116 Å². The maximum absolute atomic E-state index is 13.5. The molecule has 0 aliphatic heterocycles. The highest BCUT2D eigenvalue weighted by atomic mass is 16.3. The molecule has 0 radical (unpaired) electrons. The van der Waals surface area contributed by atoms with E-state index in [-0.39, 0.29) is 49.3 Å². The predicted molar refractivity (Wildman–Crippen MR) is 381 cm³/mol. The van der Waals surface area contributed by atoms with Crippen molar-refractivity contribution in [2.75, 3.05) is 52.5 Å².